The fourth-order valence-electron chi connectivity index (χ4n) is 0.528. The summed E-state index contributed by atoms with van der Waals surface area (Å²) in [5.41, 5.74) is 0.890. The fourth-order valence-corrected chi connectivity index (χ4v) is 2.14. The third-order valence-corrected chi connectivity index (χ3v) is 2.82. The van der Waals surface area contributed by atoms with Crippen LogP contribution < -0.4 is 0 Å². The van der Waals surface area contributed by atoms with Gasteiger partial charge in [-0.2, -0.15) is 11.3 Å². The molecule has 4 heteroatoms. The van der Waals surface area contributed by atoms with Gasteiger partial charge in [-0.15, -0.1) is 0 Å². The second-order valence-electron chi connectivity index (χ2n) is 1.67. The van der Waals surface area contributed by atoms with Gasteiger partial charge in [0, 0.05) is 5.38 Å². The van der Waals surface area contributed by atoms with Crippen molar-refractivity contribution in [2.24, 2.45) is 0 Å². The summed E-state index contributed by atoms with van der Waals surface area (Å²) in [6.45, 7) is 1.82. The summed E-state index contributed by atoms with van der Waals surface area (Å²) in [5.74, 6) is 0. The van der Waals surface area contributed by atoms with Gasteiger partial charge in [0.15, 0.2) is 11.1 Å². The minimum absolute atomic E-state index is 0.528. The lowest BCUT2D eigenvalue weighted by Crippen LogP contribution is -1.85. The van der Waals surface area contributed by atoms with Gasteiger partial charge in [0.2, 0.25) is 0 Å². The molecular formula is C5H6O2S2. The highest BCUT2D eigenvalue weighted by molar-refractivity contribution is 7.79. The highest BCUT2D eigenvalue weighted by Gasteiger charge is 2.02. The van der Waals surface area contributed by atoms with Gasteiger partial charge in [-0.3, -0.25) is 0 Å². The quantitative estimate of drug-likeness (QED) is 0.637. The molecule has 0 aliphatic carbocycles. The van der Waals surface area contributed by atoms with Crippen molar-refractivity contribution in [1.29, 1.82) is 0 Å². The van der Waals surface area contributed by atoms with E-state index in [1.54, 1.807) is 5.38 Å². The number of rotatable bonds is 1. The van der Waals surface area contributed by atoms with E-state index in [9.17, 15) is 4.21 Å². The van der Waals surface area contributed by atoms with Crippen molar-refractivity contribution < 1.29 is 8.76 Å². The zero-order chi connectivity index (χ0) is 6.85. The molecule has 50 valence electrons. The van der Waals surface area contributed by atoms with E-state index in [0.29, 0.717) is 4.90 Å². The van der Waals surface area contributed by atoms with E-state index in [2.05, 4.69) is 0 Å². The van der Waals surface area contributed by atoms with Crippen LogP contribution in [0.5, 0.6) is 0 Å². The third kappa shape index (κ3) is 1.38. The van der Waals surface area contributed by atoms with Crippen molar-refractivity contribution in [1.82, 2.24) is 0 Å². The van der Waals surface area contributed by atoms with E-state index in [1.807, 2.05) is 12.3 Å². The zero-order valence-corrected chi connectivity index (χ0v) is 6.46. The van der Waals surface area contributed by atoms with E-state index in [1.165, 1.54) is 11.3 Å². The van der Waals surface area contributed by atoms with Gasteiger partial charge in [-0.25, -0.2) is 4.21 Å². The molecule has 0 aromatic carbocycles. The Hall–Kier alpha value is -0.190. The molecule has 0 fully saturated rings. The molecule has 1 aromatic heterocycles. The Balaban J connectivity index is 3.08. The fraction of sp³-hybridized carbons (Fsp3) is 0.200. The van der Waals surface area contributed by atoms with E-state index in [4.69, 9.17) is 4.55 Å². The number of thiophene rings is 1. The standard InChI is InChI=1S/C5H6O2S2/c1-4-2-8-3-5(4)9(6)7/h2-3H,1H3,(H,6,7). The number of hydrogen-bond donors (Lipinski definition) is 1. The summed E-state index contributed by atoms with van der Waals surface area (Å²) in [6.07, 6.45) is 0. The molecule has 0 amide bonds. The lowest BCUT2D eigenvalue weighted by molar-refractivity contribution is 0.564. The lowest BCUT2D eigenvalue weighted by atomic mass is 10.4. The second kappa shape index (κ2) is 2.60. The van der Waals surface area contributed by atoms with Gasteiger partial charge < -0.3 is 4.55 Å². The smallest absolute Gasteiger partial charge is 0.187 e. The lowest BCUT2D eigenvalue weighted by Gasteiger charge is -1.87. The van der Waals surface area contributed by atoms with Crippen molar-refractivity contribution >= 4 is 22.4 Å². The van der Waals surface area contributed by atoms with Crippen molar-refractivity contribution in [3.8, 4) is 0 Å². The van der Waals surface area contributed by atoms with Crippen LogP contribution in [-0.2, 0) is 11.1 Å². The minimum Gasteiger partial charge on any atom is -0.302 e. The molecule has 0 bridgehead atoms. The molecule has 2 nitrogen and oxygen atoms in total. The molecular weight excluding hydrogens is 156 g/mol. The Morgan fingerprint density at radius 3 is 2.56 bits per heavy atom. The summed E-state index contributed by atoms with van der Waals surface area (Å²) < 4.78 is 19.0. The normalized spacial score (nSPS) is 13.6. The molecule has 0 saturated carbocycles. The van der Waals surface area contributed by atoms with Crippen LogP contribution in [0.25, 0.3) is 0 Å². The van der Waals surface area contributed by atoms with Crippen molar-refractivity contribution in [3.05, 3.63) is 16.3 Å². The Labute approximate surface area is 59.8 Å². The van der Waals surface area contributed by atoms with Crippen LogP contribution in [0.2, 0.25) is 0 Å². The van der Waals surface area contributed by atoms with Crippen LogP contribution in [0, 0.1) is 6.92 Å². The Morgan fingerprint density at radius 1 is 1.67 bits per heavy atom. The first kappa shape index (κ1) is 6.92. The molecule has 1 N–H and O–H groups in total. The third-order valence-electron chi connectivity index (χ3n) is 0.997. The molecule has 0 aliphatic heterocycles. The maximum absolute atomic E-state index is 10.4. The van der Waals surface area contributed by atoms with Gasteiger partial charge in [0.25, 0.3) is 0 Å². The predicted octanol–water partition coefficient (Wildman–Crippen LogP) is 1.64. The predicted molar refractivity (Wildman–Crippen MR) is 38.1 cm³/mol. The molecule has 0 saturated heterocycles. The van der Waals surface area contributed by atoms with Crippen LogP contribution in [-0.4, -0.2) is 8.76 Å². The molecule has 9 heavy (non-hydrogen) atoms. The van der Waals surface area contributed by atoms with Crippen LogP contribution in [0.3, 0.4) is 0 Å². The summed E-state index contributed by atoms with van der Waals surface area (Å²) in [6, 6.07) is 0. The Bertz CT molecular complexity index is 229. The highest BCUT2D eigenvalue weighted by Crippen LogP contribution is 2.15. The topological polar surface area (TPSA) is 37.3 Å². The maximum atomic E-state index is 10.4. The van der Waals surface area contributed by atoms with Crippen LogP contribution >= 0.6 is 11.3 Å². The molecule has 1 atom stereocenters. The van der Waals surface area contributed by atoms with E-state index >= 15 is 0 Å². The van der Waals surface area contributed by atoms with Gasteiger partial charge in [-0.05, 0) is 17.9 Å². The number of aryl methyl sites for hydroxylation is 1. The Kier molecular flexibility index (Phi) is 2.00. The maximum Gasteiger partial charge on any atom is 0.187 e. The number of hydrogen-bond acceptors (Lipinski definition) is 2. The molecule has 1 unspecified atom stereocenters. The first-order valence-corrected chi connectivity index (χ1v) is 4.40. The average Bonchev–Trinajstić information content (AvgIpc) is 2.13. The minimum atomic E-state index is -1.80. The van der Waals surface area contributed by atoms with Gasteiger partial charge in [0.05, 0.1) is 4.90 Å². The largest absolute Gasteiger partial charge is 0.302 e. The van der Waals surface area contributed by atoms with Crippen molar-refractivity contribution in [3.63, 3.8) is 0 Å². The summed E-state index contributed by atoms with van der Waals surface area (Å²) >= 11 is -0.358. The molecule has 0 aliphatic rings. The first-order chi connectivity index (χ1) is 4.22. The van der Waals surface area contributed by atoms with Crippen LogP contribution in [0.15, 0.2) is 15.7 Å². The molecule has 0 spiro atoms. The van der Waals surface area contributed by atoms with Crippen molar-refractivity contribution in [2.45, 2.75) is 11.8 Å². The van der Waals surface area contributed by atoms with Crippen LogP contribution in [0.1, 0.15) is 5.56 Å². The summed E-state index contributed by atoms with van der Waals surface area (Å²) in [4.78, 5) is 0.528. The summed E-state index contributed by atoms with van der Waals surface area (Å²) in [7, 11) is 0. The summed E-state index contributed by atoms with van der Waals surface area (Å²) in [5, 5.41) is 3.54. The van der Waals surface area contributed by atoms with Crippen LogP contribution in [0.4, 0.5) is 0 Å². The monoisotopic (exact) mass is 162 g/mol. The Morgan fingerprint density at radius 2 is 2.33 bits per heavy atom. The zero-order valence-electron chi connectivity index (χ0n) is 4.83. The molecule has 0 radical (unpaired) electrons. The molecule has 1 aromatic rings. The highest BCUT2D eigenvalue weighted by atomic mass is 32.2. The van der Waals surface area contributed by atoms with Gasteiger partial charge >= 0.3 is 0 Å². The van der Waals surface area contributed by atoms with Gasteiger partial charge in [0.1, 0.15) is 0 Å². The SMILES string of the molecule is Cc1cscc1S(=O)O. The van der Waals surface area contributed by atoms with E-state index < -0.39 is 11.1 Å². The van der Waals surface area contributed by atoms with E-state index in [0.717, 1.165) is 5.56 Å². The van der Waals surface area contributed by atoms with E-state index in [-0.39, 0.29) is 0 Å². The van der Waals surface area contributed by atoms with Crippen molar-refractivity contribution in [2.75, 3.05) is 0 Å². The second-order valence-corrected chi connectivity index (χ2v) is 3.35. The first-order valence-electron chi connectivity index (χ1n) is 2.35. The van der Waals surface area contributed by atoms with Gasteiger partial charge in [-0.1, -0.05) is 0 Å². The average molecular weight is 162 g/mol. The molecule has 1 heterocycles. The molecule has 1 rings (SSSR count).